The highest BCUT2D eigenvalue weighted by Crippen LogP contribution is 2.32. The van der Waals surface area contributed by atoms with Crippen molar-refractivity contribution in [3.8, 4) is 0 Å². The first-order valence-corrected chi connectivity index (χ1v) is 7.91. The molecule has 1 aliphatic heterocycles. The van der Waals surface area contributed by atoms with E-state index in [0.717, 1.165) is 19.3 Å². The molecule has 2 aliphatic rings. The van der Waals surface area contributed by atoms with Crippen LogP contribution in [0.5, 0.6) is 0 Å². The molecule has 0 aromatic rings. The van der Waals surface area contributed by atoms with Gasteiger partial charge in [-0.2, -0.15) is 0 Å². The fourth-order valence-electron chi connectivity index (χ4n) is 3.52. The van der Waals surface area contributed by atoms with Gasteiger partial charge in [-0.3, -0.25) is 14.5 Å². The Bertz CT molecular complexity index is 412. The van der Waals surface area contributed by atoms with E-state index in [1.54, 1.807) is 0 Å². The van der Waals surface area contributed by atoms with Gasteiger partial charge in [-0.1, -0.05) is 6.42 Å². The van der Waals surface area contributed by atoms with E-state index in [1.807, 2.05) is 18.7 Å². The number of piperazine rings is 1. The fraction of sp³-hybridized carbons (Fsp3) is 0.867. The van der Waals surface area contributed by atoms with Crippen molar-refractivity contribution < 1.29 is 9.59 Å². The second-order valence-electron chi connectivity index (χ2n) is 6.77. The Balaban J connectivity index is 0.00000242. The molecule has 0 radical (unpaired) electrons. The third kappa shape index (κ3) is 4.72. The van der Waals surface area contributed by atoms with Gasteiger partial charge in [-0.15, -0.1) is 24.8 Å². The molecule has 0 spiro atoms. The summed E-state index contributed by atoms with van der Waals surface area (Å²) in [6, 6.07) is 0. The molecule has 2 fully saturated rings. The SMILES string of the molecule is CC(C)(C(N)=O)N1CCN(C(=O)[C@@H]2CCC[C@@H]2CN)CC1.Cl.Cl. The van der Waals surface area contributed by atoms with Crippen LogP contribution in [0.3, 0.4) is 0 Å². The van der Waals surface area contributed by atoms with E-state index in [9.17, 15) is 9.59 Å². The summed E-state index contributed by atoms with van der Waals surface area (Å²) in [6.45, 7) is 7.02. The number of carbonyl (C=O) groups excluding carboxylic acids is 2. The van der Waals surface area contributed by atoms with Crippen LogP contribution in [0.25, 0.3) is 0 Å². The molecule has 1 saturated heterocycles. The highest BCUT2D eigenvalue weighted by molar-refractivity contribution is 5.85. The molecule has 0 aromatic heterocycles. The lowest BCUT2D eigenvalue weighted by Gasteiger charge is -2.43. The highest BCUT2D eigenvalue weighted by Gasteiger charge is 2.39. The molecule has 8 heteroatoms. The van der Waals surface area contributed by atoms with Gasteiger partial charge in [0.15, 0.2) is 0 Å². The summed E-state index contributed by atoms with van der Waals surface area (Å²) in [5.41, 5.74) is 10.6. The molecule has 1 saturated carbocycles. The van der Waals surface area contributed by atoms with E-state index in [1.165, 1.54) is 0 Å². The molecule has 136 valence electrons. The topological polar surface area (TPSA) is 92.7 Å². The molecule has 4 N–H and O–H groups in total. The number of carbonyl (C=O) groups is 2. The Morgan fingerprint density at radius 3 is 2.13 bits per heavy atom. The molecule has 2 rings (SSSR count). The Hall–Kier alpha value is -0.560. The summed E-state index contributed by atoms with van der Waals surface area (Å²) >= 11 is 0. The monoisotopic (exact) mass is 368 g/mol. The number of hydrogen-bond acceptors (Lipinski definition) is 4. The maximum Gasteiger partial charge on any atom is 0.237 e. The molecule has 1 heterocycles. The molecule has 2 atom stereocenters. The summed E-state index contributed by atoms with van der Waals surface area (Å²) in [5.74, 6) is 0.379. The summed E-state index contributed by atoms with van der Waals surface area (Å²) in [6.07, 6.45) is 3.14. The molecule has 23 heavy (non-hydrogen) atoms. The second-order valence-corrected chi connectivity index (χ2v) is 6.77. The second kappa shape index (κ2) is 9.06. The number of nitrogens with two attached hydrogens (primary N) is 2. The number of halogens is 2. The van der Waals surface area contributed by atoms with Gasteiger partial charge in [-0.05, 0) is 39.2 Å². The zero-order chi connectivity index (χ0) is 15.6. The Kier molecular flexibility index (Phi) is 8.84. The fourth-order valence-corrected chi connectivity index (χ4v) is 3.52. The predicted octanol–water partition coefficient (Wildman–Crippen LogP) is 0.613. The van der Waals surface area contributed by atoms with E-state index in [2.05, 4.69) is 4.90 Å². The van der Waals surface area contributed by atoms with Gasteiger partial charge in [0.2, 0.25) is 11.8 Å². The van der Waals surface area contributed by atoms with Gasteiger partial charge in [0, 0.05) is 32.1 Å². The van der Waals surface area contributed by atoms with Crippen molar-refractivity contribution >= 4 is 36.6 Å². The Morgan fingerprint density at radius 1 is 1.09 bits per heavy atom. The number of amides is 2. The predicted molar refractivity (Wildman–Crippen MR) is 95.8 cm³/mol. The van der Waals surface area contributed by atoms with Crippen LogP contribution in [0.2, 0.25) is 0 Å². The van der Waals surface area contributed by atoms with Gasteiger partial charge in [0.05, 0.1) is 5.54 Å². The standard InChI is InChI=1S/C15H28N4O2.2ClH/c1-15(2,14(17)21)19-8-6-18(7-9-19)13(20)12-5-3-4-11(12)10-16;;/h11-12H,3-10,16H2,1-2H3,(H2,17,21);2*1H/t11-,12-;;/m1../s1. The molecule has 0 aromatic carbocycles. The van der Waals surface area contributed by atoms with E-state index >= 15 is 0 Å². The summed E-state index contributed by atoms with van der Waals surface area (Å²) < 4.78 is 0. The van der Waals surface area contributed by atoms with Gasteiger partial charge in [-0.25, -0.2) is 0 Å². The van der Waals surface area contributed by atoms with Crippen LogP contribution in [0.15, 0.2) is 0 Å². The maximum atomic E-state index is 12.6. The molecule has 6 nitrogen and oxygen atoms in total. The minimum atomic E-state index is -0.651. The number of rotatable bonds is 4. The lowest BCUT2D eigenvalue weighted by atomic mass is 9.94. The highest BCUT2D eigenvalue weighted by atomic mass is 35.5. The zero-order valence-corrected chi connectivity index (χ0v) is 15.6. The van der Waals surface area contributed by atoms with Crippen LogP contribution < -0.4 is 11.5 Å². The summed E-state index contributed by atoms with van der Waals surface area (Å²) in [5, 5.41) is 0. The Morgan fingerprint density at radius 2 is 1.65 bits per heavy atom. The minimum absolute atomic E-state index is 0. The van der Waals surface area contributed by atoms with Crippen molar-refractivity contribution in [3.05, 3.63) is 0 Å². The molecular weight excluding hydrogens is 339 g/mol. The van der Waals surface area contributed by atoms with Crippen molar-refractivity contribution in [2.24, 2.45) is 23.3 Å². The van der Waals surface area contributed by atoms with Gasteiger partial charge < -0.3 is 16.4 Å². The van der Waals surface area contributed by atoms with E-state index in [0.29, 0.717) is 38.6 Å². The van der Waals surface area contributed by atoms with E-state index < -0.39 is 5.54 Å². The maximum absolute atomic E-state index is 12.6. The molecule has 2 amide bonds. The lowest BCUT2D eigenvalue weighted by Crippen LogP contribution is -2.60. The van der Waals surface area contributed by atoms with Crippen LogP contribution in [0, 0.1) is 11.8 Å². The van der Waals surface area contributed by atoms with Gasteiger partial charge in [0.25, 0.3) is 0 Å². The van der Waals surface area contributed by atoms with Crippen molar-refractivity contribution in [3.63, 3.8) is 0 Å². The molecule has 1 aliphatic carbocycles. The summed E-state index contributed by atoms with van der Waals surface area (Å²) in [4.78, 5) is 28.1. The normalized spacial score (nSPS) is 25.4. The average molecular weight is 369 g/mol. The van der Waals surface area contributed by atoms with E-state index in [4.69, 9.17) is 11.5 Å². The smallest absolute Gasteiger partial charge is 0.237 e. The van der Waals surface area contributed by atoms with Crippen LogP contribution in [-0.2, 0) is 9.59 Å². The first kappa shape index (κ1) is 22.4. The number of hydrogen-bond donors (Lipinski definition) is 2. The van der Waals surface area contributed by atoms with Gasteiger partial charge in [0.1, 0.15) is 0 Å². The van der Waals surface area contributed by atoms with Gasteiger partial charge >= 0.3 is 0 Å². The van der Waals surface area contributed by atoms with Crippen molar-refractivity contribution in [1.82, 2.24) is 9.80 Å². The molecular formula is C15H30Cl2N4O2. The largest absolute Gasteiger partial charge is 0.368 e. The minimum Gasteiger partial charge on any atom is -0.368 e. The summed E-state index contributed by atoms with van der Waals surface area (Å²) in [7, 11) is 0. The average Bonchev–Trinajstić information content (AvgIpc) is 2.94. The third-order valence-electron chi connectivity index (χ3n) is 5.26. The van der Waals surface area contributed by atoms with E-state index in [-0.39, 0.29) is 42.5 Å². The first-order chi connectivity index (χ1) is 9.87. The first-order valence-electron chi connectivity index (χ1n) is 7.91. The van der Waals surface area contributed by atoms with Crippen molar-refractivity contribution in [1.29, 1.82) is 0 Å². The molecule has 0 unspecified atom stereocenters. The Labute approximate surface area is 151 Å². The third-order valence-corrected chi connectivity index (χ3v) is 5.26. The van der Waals surface area contributed by atoms with Crippen LogP contribution in [0.4, 0.5) is 0 Å². The van der Waals surface area contributed by atoms with Crippen molar-refractivity contribution in [2.45, 2.75) is 38.6 Å². The number of primary amides is 1. The van der Waals surface area contributed by atoms with Crippen LogP contribution in [0.1, 0.15) is 33.1 Å². The lowest BCUT2D eigenvalue weighted by molar-refractivity contribution is -0.140. The van der Waals surface area contributed by atoms with Crippen LogP contribution in [-0.4, -0.2) is 59.9 Å². The molecule has 0 bridgehead atoms. The quantitative estimate of drug-likeness (QED) is 0.760. The van der Waals surface area contributed by atoms with Crippen LogP contribution >= 0.6 is 24.8 Å². The number of nitrogens with zero attached hydrogens (tertiary/aromatic N) is 2. The van der Waals surface area contributed by atoms with Crippen molar-refractivity contribution in [2.75, 3.05) is 32.7 Å². The zero-order valence-electron chi connectivity index (χ0n) is 14.0.